The van der Waals surface area contributed by atoms with Crippen LogP contribution in [0.5, 0.6) is 5.75 Å². The lowest BCUT2D eigenvalue weighted by molar-refractivity contribution is 0.414. The number of hydrogen-bond acceptors (Lipinski definition) is 5. The van der Waals surface area contributed by atoms with Crippen molar-refractivity contribution in [3.8, 4) is 16.3 Å². The molecule has 5 aromatic carbocycles. The first-order valence-electron chi connectivity index (χ1n) is 10.8. The zero-order valence-corrected chi connectivity index (χ0v) is 18.6. The fourth-order valence-electron chi connectivity index (χ4n) is 4.74. The van der Waals surface area contributed by atoms with E-state index in [1.165, 1.54) is 32.3 Å². The molecule has 6 heteroatoms. The average molecular weight is 447 g/mol. The maximum absolute atomic E-state index is 5.26. The van der Waals surface area contributed by atoms with Crippen LogP contribution in [0.2, 0.25) is 0 Å². The number of methoxy groups -OCH3 is 1. The Balaban J connectivity index is 1.40. The quantitative estimate of drug-likeness (QED) is 0.296. The summed E-state index contributed by atoms with van der Waals surface area (Å²) >= 11 is 1.58. The molecule has 7 rings (SSSR count). The molecular weight excluding hydrogens is 428 g/mol. The first kappa shape index (κ1) is 18.5. The van der Waals surface area contributed by atoms with Crippen molar-refractivity contribution in [2.75, 3.05) is 7.11 Å². The highest BCUT2D eigenvalue weighted by Gasteiger charge is 2.18. The summed E-state index contributed by atoms with van der Waals surface area (Å²) in [4.78, 5) is 0.804. The molecule has 33 heavy (non-hydrogen) atoms. The van der Waals surface area contributed by atoms with Gasteiger partial charge in [0.15, 0.2) is 5.82 Å². The maximum atomic E-state index is 5.26. The second-order valence-electron chi connectivity index (χ2n) is 8.22. The number of aromatic nitrogens is 4. The Morgan fingerprint density at radius 1 is 0.818 bits per heavy atom. The lowest BCUT2D eigenvalue weighted by atomic mass is 9.91. The van der Waals surface area contributed by atoms with Crippen LogP contribution < -0.4 is 4.74 Å². The van der Waals surface area contributed by atoms with Gasteiger partial charge in [0.2, 0.25) is 4.96 Å². The van der Waals surface area contributed by atoms with Crippen LogP contribution in [0.15, 0.2) is 78.9 Å². The zero-order valence-electron chi connectivity index (χ0n) is 17.8. The van der Waals surface area contributed by atoms with E-state index in [1.807, 2.05) is 16.6 Å². The SMILES string of the molecule is COc1ccc(Cc2nnc3sc(-c4cc5cccc6ccc7cccc4c7c65)nn23)cc1. The van der Waals surface area contributed by atoms with E-state index in [2.05, 4.69) is 76.9 Å². The van der Waals surface area contributed by atoms with Gasteiger partial charge in [-0.1, -0.05) is 72.0 Å². The maximum Gasteiger partial charge on any atom is 0.234 e. The molecule has 158 valence electrons. The third-order valence-corrected chi connectivity index (χ3v) is 7.25. The highest BCUT2D eigenvalue weighted by Crippen LogP contribution is 2.41. The summed E-state index contributed by atoms with van der Waals surface area (Å²) in [5.74, 6) is 1.67. The van der Waals surface area contributed by atoms with Crippen LogP contribution in [-0.2, 0) is 6.42 Å². The molecule has 0 unspecified atom stereocenters. The number of nitrogens with zero attached hydrogens (tertiary/aromatic N) is 4. The molecule has 0 amide bonds. The van der Waals surface area contributed by atoms with Gasteiger partial charge in [0.1, 0.15) is 10.8 Å². The van der Waals surface area contributed by atoms with Gasteiger partial charge in [-0.25, -0.2) is 0 Å². The standard InChI is InChI=1S/C27H18N4OS/c1-32-20-12-8-16(9-13-20)14-23-28-29-27-31(23)30-26(33-27)22-15-19-6-2-4-17-10-11-18-5-3-7-21(22)25(18)24(17)19/h2-13,15H,14H2,1H3. The van der Waals surface area contributed by atoms with E-state index in [4.69, 9.17) is 9.84 Å². The van der Waals surface area contributed by atoms with E-state index in [9.17, 15) is 0 Å². The summed E-state index contributed by atoms with van der Waals surface area (Å²) in [6.45, 7) is 0. The molecule has 2 heterocycles. The largest absolute Gasteiger partial charge is 0.497 e. The van der Waals surface area contributed by atoms with E-state index in [1.54, 1.807) is 18.4 Å². The lowest BCUT2D eigenvalue weighted by Crippen LogP contribution is -1.98. The molecule has 0 spiro atoms. The molecule has 0 bridgehead atoms. The Kier molecular flexibility index (Phi) is 3.92. The van der Waals surface area contributed by atoms with Crippen LogP contribution in [-0.4, -0.2) is 26.9 Å². The summed E-state index contributed by atoms with van der Waals surface area (Å²) in [6.07, 6.45) is 0.658. The van der Waals surface area contributed by atoms with E-state index in [0.717, 1.165) is 32.7 Å². The van der Waals surface area contributed by atoms with Gasteiger partial charge in [-0.05, 0) is 56.1 Å². The molecule has 0 saturated carbocycles. The highest BCUT2D eigenvalue weighted by molar-refractivity contribution is 7.19. The van der Waals surface area contributed by atoms with Crippen molar-refractivity contribution in [1.82, 2.24) is 19.8 Å². The van der Waals surface area contributed by atoms with E-state index >= 15 is 0 Å². The van der Waals surface area contributed by atoms with Crippen molar-refractivity contribution in [3.05, 3.63) is 90.3 Å². The van der Waals surface area contributed by atoms with Crippen molar-refractivity contribution < 1.29 is 4.74 Å². The molecule has 0 aliphatic carbocycles. The lowest BCUT2D eigenvalue weighted by Gasteiger charge is -2.13. The van der Waals surface area contributed by atoms with Crippen LogP contribution >= 0.6 is 11.3 Å². The Morgan fingerprint density at radius 3 is 2.39 bits per heavy atom. The minimum absolute atomic E-state index is 0.658. The zero-order chi connectivity index (χ0) is 21.9. The third kappa shape index (κ3) is 2.81. The van der Waals surface area contributed by atoms with Gasteiger partial charge in [-0.15, -0.1) is 10.2 Å². The summed E-state index contributed by atoms with van der Waals surface area (Å²) in [5.41, 5.74) is 2.28. The van der Waals surface area contributed by atoms with E-state index in [-0.39, 0.29) is 0 Å². The van der Waals surface area contributed by atoms with Crippen molar-refractivity contribution >= 4 is 48.6 Å². The highest BCUT2D eigenvalue weighted by atomic mass is 32.1. The normalized spacial score (nSPS) is 11.9. The van der Waals surface area contributed by atoms with Crippen molar-refractivity contribution in [2.45, 2.75) is 6.42 Å². The van der Waals surface area contributed by atoms with Crippen LogP contribution in [0.1, 0.15) is 11.4 Å². The predicted molar refractivity (Wildman–Crippen MR) is 134 cm³/mol. The number of hydrogen-bond donors (Lipinski definition) is 0. The van der Waals surface area contributed by atoms with Gasteiger partial charge in [0.25, 0.3) is 0 Å². The van der Waals surface area contributed by atoms with Gasteiger partial charge >= 0.3 is 0 Å². The Labute approximate surface area is 193 Å². The van der Waals surface area contributed by atoms with Crippen molar-refractivity contribution in [2.24, 2.45) is 0 Å². The first-order chi connectivity index (χ1) is 16.3. The summed E-state index contributed by atoms with van der Waals surface area (Å²) in [5, 5.41) is 22.3. The first-order valence-corrected chi connectivity index (χ1v) is 11.6. The molecule has 2 aromatic heterocycles. The van der Waals surface area contributed by atoms with Gasteiger partial charge in [-0.2, -0.15) is 9.61 Å². The van der Waals surface area contributed by atoms with Gasteiger partial charge in [0.05, 0.1) is 7.11 Å². The second-order valence-corrected chi connectivity index (χ2v) is 9.17. The molecule has 5 nitrogen and oxygen atoms in total. The molecule has 0 aliphatic rings. The fraction of sp³-hybridized carbons (Fsp3) is 0.0741. The molecule has 0 fully saturated rings. The van der Waals surface area contributed by atoms with E-state index < -0.39 is 0 Å². The Hall–Kier alpha value is -4.03. The number of rotatable bonds is 4. The number of ether oxygens (including phenoxy) is 1. The minimum Gasteiger partial charge on any atom is -0.497 e. The van der Waals surface area contributed by atoms with Gasteiger partial charge in [0, 0.05) is 12.0 Å². The van der Waals surface area contributed by atoms with Crippen LogP contribution in [0, 0.1) is 0 Å². The second kappa shape index (κ2) is 6.98. The van der Waals surface area contributed by atoms with Crippen LogP contribution in [0.4, 0.5) is 0 Å². The van der Waals surface area contributed by atoms with Gasteiger partial charge in [-0.3, -0.25) is 0 Å². The monoisotopic (exact) mass is 446 g/mol. The van der Waals surface area contributed by atoms with Crippen LogP contribution in [0.3, 0.4) is 0 Å². The topological polar surface area (TPSA) is 52.3 Å². The molecule has 0 atom stereocenters. The van der Waals surface area contributed by atoms with E-state index in [0.29, 0.717) is 6.42 Å². The molecule has 0 saturated heterocycles. The average Bonchev–Trinajstić information content (AvgIpc) is 3.45. The summed E-state index contributed by atoms with van der Waals surface area (Å²) < 4.78 is 7.15. The summed E-state index contributed by atoms with van der Waals surface area (Å²) in [7, 11) is 1.67. The Morgan fingerprint density at radius 2 is 1.58 bits per heavy atom. The predicted octanol–water partition coefficient (Wildman–Crippen LogP) is 6.35. The van der Waals surface area contributed by atoms with Crippen LogP contribution in [0.25, 0.3) is 47.8 Å². The molecule has 0 aliphatic heterocycles. The third-order valence-electron chi connectivity index (χ3n) is 6.32. The van der Waals surface area contributed by atoms with Crippen molar-refractivity contribution in [3.63, 3.8) is 0 Å². The molecule has 0 radical (unpaired) electrons. The molecular formula is C27H18N4OS. The summed E-state index contributed by atoms with van der Waals surface area (Å²) in [6, 6.07) is 27.7. The minimum atomic E-state index is 0.658. The Bertz CT molecular complexity index is 1780. The molecule has 7 aromatic rings. The fourth-order valence-corrected chi connectivity index (χ4v) is 5.63. The molecule has 0 N–H and O–H groups in total. The number of fused-ring (bicyclic) bond motifs is 1. The smallest absolute Gasteiger partial charge is 0.234 e. The number of benzene rings is 5. The van der Waals surface area contributed by atoms with Crippen molar-refractivity contribution in [1.29, 1.82) is 0 Å². The van der Waals surface area contributed by atoms with Gasteiger partial charge < -0.3 is 4.74 Å².